The van der Waals surface area contributed by atoms with Crippen LogP contribution in [0.25, 0.3) is 0 Å². The van der Waals surface area contributed by atoms with Gasteiger partial charge in [0, 0.05) is 6.04 Å². The molecule has 2 unspecified atom stereocenters. The van der Waals surface area contributed by atoms with Gasteiger partial charge in [-0.1, -0.05) is 20.3 Å². The van der Waals surface area contributed by atoms with E-state index < -0.39 is 0 Å². The topological polar surface area (TPSA) is 76.1 Å². The zero-order valence-corrected chi connectivity index (χ0v) is 12.4. The van der Waals surface area contributed by atoms with Crippen LogP contribution in [0, 0.1) is 5.92 Å². The maximum absolute atomic E-state index is 5.68. The highest BCUT2D eigenvalue weighted by atomic mass is 14.9. The lowest BCUT2D eigenvalue weighted by atomic mass is 10.1. The Bertz CT molecular complexity index is 160. The maximum atomic E-state index is 5.68. The molecule has 4 nitrogen and oxygen atoms in total. The SMILES string of the molecule is CCC(CN)CNCCCC(CC)NCCCN. The molecular formula is C14H34N4. The lowest BCUT2D eigenvalue weighted by Crippen LogP contribution is -2.32. The molecule has 0 amide bonds. The molecule has 6 N–H and O–H groups in total. The fraction of sp³-hybridized carbons (Fsp3) is 1.00. The summed E-state index contributed by atoms with van der Waals surface area (Å²) < 4.78 is 0. The molecule has 110 valence electrons. The Morgan fingerprint density at radius 1 is 1.00 bits per heavy atom. The Kier molecular flexibility index (Phi) is 13.2. The van der Waals surface area contributed by atoms with E-state index in [1.165, 1.54) is 25.7 Å². The van der Waals surface area contributed by atoms with E-state index in [4.69, 9.17) is 11.5 Å². The molecule has 0 aliphatic rings. The highest BCUT2D eigenvalue weighted by Gasteiger charge is 2.05. The minimum atomic E-state index is 0.634. The number of nitrogens with two attached hydrogens (primary N) is 2. The van der Waals surface area contributed by atoms with E-state index in [1.807, 2.05) is 0 Å². The smallest absolute Gasteiger partial charge is 0.00649 e. The molecule has 0 aromatic heterocycles. The highest BCUT2D eigenvalue weighted by molar-refractivity contribution is 4.67. The Labute approximate surface area is 113 Å². The van der Waals surface area contributed by atoms with Gasteiger partial charge < -0.3 is 22.1 Å². The third kappa shape index (κ3) is 9.83. The second-order valence-corrected chi connectivity index (χ2v) is 5.06. The maximum Gasteiger partial charge on any atom is 0.00649 e. The molecule has 0 saturated carbocycles. The van der Waals surface area contributed by atoms with Crippen molar-refractivity contribution in [2.75, 3.05) is 32.7 Å². The van der Waals surface area contributed by atoms with Gasteiger partial charge in [-0.05, 0) is 64.3 Å². The van der Waals surface area contributed by atoms with Gasteiger partial charge in [-0.25, -0.2) is 0 Å². The predicted molar refractivity (Wildman–Crippen MR) is 80.7 cm³/mol. The number of rotatable bonds is 13. The molecule has 18 heavy (non-hydrogen) atoms. The first-order chi connectivity index (χ1) is 8.78. The zero-order valence-electron chi connectivity index (χ0n) is 12.4. The average Bonchev–Trinajstić information content (AvgIpc) is 2.41. The first-order valence-corrected chi connectivity index (χ1v) is 7.62. The molecule has 4 heteroatoms. The Balaban J connectivity index is 3.44. The normalized spacial score (nSPS) is 14.7. The van der Waals surface area contributed by atoms with Crippen LogP contribution in [-0.2, 0) is 0 Å². The van der Waals surface area contributed by atoms with Crippen LogP contribution < -0.4 is 22.1 Å². The van der Waals surface area contributed by atoms with Crippen molar-refractivity contribution in [2.24, 2.45) is 17.4 Å². The van der Waals surface area contributed by atoms with Gasteiger partial charge in [0.1, 0.15) is 0 Å². The molecule has 0 heterocycles. The van der Waals surface area contributed by atoms with Crippen molar-refractivity contribution in [2.45, 2.75) is 52.0 Å². The van der Waals surface area contributed by atoms with Gasteiger partial charge in [0.15, 0.2) is 0 Å². The molecule has 0 rings (SSSR count). The summed E-state index contributed by atoms with van der Waals surface area (Å²) >= 11 is 0. The summed E-state index contributed by atoms with van der Waals surface area (Å²) in [7, 11) is 0. The molecule has 0 aromatic rings. The molecule has 0 saturated heterocycles. The third-order valence-corrected chi connectivity index (χ3v) is 3.56. The van der Waals surface area contributed by atoms with Crippen LogP contribution in [0.2, 0.25) is 0 Å². The van der Waals surface area contributed by atoms with E-state index >= 15 is 0 Å². The van der Waals surface area contributed by atoms with Crippen LogP contribution in [0.1, 0.15) is 46.0 Å². The van der Waals surface area contributed by atoms with Crippen molar-refractivity contribution in [3.05, 3.63) is 0 Å². The van der Waals surface area contributed by atoms with Crippen molar-refractivity contribution in [3.8, 4) is 0 Å². The quantitative estimate of drug-likeness (QED) is 0.373. The molecule has 0 bridgehead atoms. The van der Waals surface area contributed by atoms with Crippen molar-refractivity contribution < 1.29 is 0 Å². The molecule has 0 aromatic carbocycles. The van der Waals surface area contributed by atoms with Crippen molar-refractivity contribution in [1.29, 1.82) is 0 Å². The summed E-state index contributed by atoms with van der Waals surface area (Å²) in [4.78, 5) is 0. The summed E-state index contributed by atoms with van der Waals surface area (Å²) in [5.74, 6) is 0.634. The van der Waals surface area contributed by atoms with Gasteiger partial charge in [-0.15, -0.1) is 0 Å². The minimum absolute atomic E-state index is 0.634. The summed E-state index contributed by atoms with van der Waals surface area (Å²) in [5, 5.41) is 7.07. The summed E-state index contributed by atoms with van der Waals surface area (Å²) in [6, 6.07) is 0.648. The third-order valence-electron chi connectivity index (χ3n) is 3.56. The molecule has 2 atom stereocenters. The highest BCUT2D eigenvalue weighted by Crippen LogP contribution is 2.02. The number of nitrogens with one attached hydrogen (secondary N) is 2. The lowest BCUT2D eigenvalue weighted by Gasteiger charge is -2.17. The van der Waals surface area contributed by atoms with Gasteiger partial charge >= 0.3 is 0 Å². The van der Waals surface area contributed by atoms with Crippen LogP contribution in [0.15, 0.2) is 0 Å². The Hall–Kier alpha value is -0.160. The van der Waals surface area contributed by atoms with E-state index in [0.717, 1.165) is 39.1 Å². The monoisotopic (exact) mass is 258 g/mol. The van der Waals surface area contributed by atoms with E-state index in [-0.39, 0.29) is 0 Å². The largest absolute Gasteiger partial charge is 0.330 e. The molecule has 0 aliphatic heterocycles. The van der Waals surface area contributed by atoms with Crippen LogP contribution in [0.4, 0.5) is 0 Å². The fourth-order valence-electron chi connectivity index (χ4n) is 2.03. The molecule has 0 fully saturated rings. The molecule has 0 radical (unpaired) electrons. The average molecular weight is 258 g/mol. The summed E-state index contributed by atoms with van der Waals surface area (Å²) in [5.41, 5.74) is 11.2. The van der Waals surface area contributed by atoms with Crippen molar-refractivity contribution >= 4 is 0 Å². The molecule has 0 spiro atoms. The minimum Gasteiger partial charge on any atom is -0.330 e. The first kappa shape index (κ1) is 17.8. The molecule has 0 aliphatic carbocycles. The van der Waals surface area contributed by atoms with Crippen LogP contribution in [0.3, 0.4) is 0 Å². The van der Waals surface area contributed by atoms with Crippen LogP contribution >= 0.6 is 0 Å². The van der Waals surface area contributed by atoms with Crippen LogP contribution in [0.5, 0.6) is 0 Å². The standard InChI is InChI=1S/C14H34N4/c1-3-13(11-16)12-17-9-5-7-14(4-2)18-10-6-8-15/h13-14,17-18H,3-12,15-16H2,1-2H3. The van der Waals surface area contributed by atoms with Crippen LogP contribution in [-0.4, -0.2) is 38.8 Å². The number of hydrogen-bond donors (Lipinski definition) is 4. The van der Waals surface area contributed by atoms with Gasteiger partial charge in [0.2, 0.25) is 0 Å². The van der Waals surface area contributed by atoms with E-state index in [0.29, 0.717) is 12.0 Å². The van der Waals surface area contributed by atoms with E-state index in [1.54, 1.807) is 0 Å². The van der Waals surface area contributed by atoms with Crippen molar-refractivity contribution in [3.63, 3.8) is 0 Å². The summed E-state index contributed by atoms with van der Waals surface area (Å²) in [6.45, 7) is 9.23. The van der Waals surface area contributed by atoms with Crippen molar-refractivity contribution in [1.82, 2.24) is 10.6 Å². The second-order valence-electron chi connectivity index (χ2n) is 5.06. The Morgan fingerprint density at radius 2 is 1.78 bits per heavy atom. The first-order valence-electron chi connectivity index (χ1n) is 7.62. The van der Waals surface area contributed by atoms with Gasteiger partial charge in [-0.2, -0.15) is 0 Å². The predicted octanol–water partition coefficient (Wildman–Crippen LogP) is 1.06. The van der Waals surface area contributed by atoms with Gasteiger partial charge in [-0.3, -0.25) is 0 Å². The fourth-order valence-corrected chi connectivity index (χ4v) is 2.03. The van der Waals surface area contributed by atoms with E-state index in [9.17, 15) is 0 Å². The zero-order chi connectivity index (χ0) is 13.6. The Morgan fingerprint density at radius 3 is 2.33 bits per heavy atom. The van der Waals surface area contributed by atoms with Gasteiger partial charge in [0.25, 0.3) is 0 Å². The van der Waals surface area contributed by atoms with Gasteiger partial charge in [0.05, 0.1) is 0 Å². The lowest BCUT2D eigenvalue weighted by molar-refractivity contribution is 0.428. The molecular weight excluding hydrogens is 224 g/mol. The van der Waals surface area contributed by atoms with E-state index in [2.05, 4.69) is 24.5 Å². The summed E-state index contributed by atoms with van der Waals surface area (Å²) in [6.07, 6.45) is 5.92. The second kappa shape index (κ2) is 13.3. The number of hydrogen-bond acceptors (Lipinski definition) is 4.